The van der Waals surface area contributed by atoms with Crippen molar-refractivity contribution in [2.45, 2.75) is 56.3 Å². The van der Waals surface area contributed by atoms with Crippen LogP contribution in [-0.2, 0) is 14.8 Å². The van der Waals surface area contributed by atoms with Crippen molar-refractivity contribution in [1.29, 1.82) is 0 Å². The molecule has 1 amide bonds. The van der Waals surface area contributed by atoms with Gasteiger partial charge in [-0.1, -0.05) is 38.1 Å². The molecule has 33 heavy (non-hydrogen) atoms. The van der Waals surface area contributed by atoms with E-state index >= 15 is 0 Å². The number of aromatic hydroxyl groups is 1. The zero-order valence-electron chi connectivity index (χ0n) is 19.5. The lowest BCUT2D eigenvalue weighted by atomic mass is 9.88. The van der Waals surface area contributed by atoms with E-state index in [1.54, 1.807) is 24.3 Å². The number of phenols is 1. The Morgan fingerprint density at radius 2 is 1.45 bits per heavy atom. The van der Waals surface area contributed by atoms with Crippen LogP contribution in [0.15, 0.2) is 53.4 Å². The average Bonchev–Trinajstić information content (AvgIpc) is 2.84. The van der Waals surface area contributed by atoms with E-state index < -0.39 is 10.0 Å². The van der Waals surface area contributed by atoms with Crippen molar-refractivity contribution in [3.8, 4) is 5.75 Å². The second kappa shape index (κ2) is 9.85. The lowest BCUT2D eigenvalue weighted by Crippen LogP contribution is -2.46. The summed E-state index contributed by atoms with van der Waals surface area (Å²) in [7, 11) is -3.53. The summed E-state index contributed by atoms with van der Waals surface area (Å²) in [5, 5.41) is 9.48. The minimum atomic E-state index is -3.53. The van der Waals surface area contributed by atoms with Crippen LogP contribution in [0, 0.1) is 5.92 Å². The molecule has 6 nitrogen and oxygen atoms in total. The monoisotopic (exact) mass is 470 g/mol. The number of rotatable bonds is 5. The van der Waals surface area contributed by atoms with Gasteiger partial charge in [-0.15, -0.1) is 0 Å². The van der Waals surface area contributed by atoms with Gasteiger partial charge >= 0.3 is 0 Å². The number of nitrogens with zero attached hydrogens (tertiary/aromatic N) is 2. The number of carbonyl (C=O) groups is 1. The highest BCUT2D eigenvalue weighted by Crippen LogP contribution is 2.31. The first-order valence-corrected chi connectivity index (χ1v) is 13.4. The molecule has 0 atom stereocenters. The van der Waals surface area contributed by atoms with E-state index in [1.807, 2.05) is 29.2 Å². The molecule has 2 saturated heterocycles. The van der Waals surface area contributed by atoms with Crippen molar-refractivity contribution in [3.63, 3.8) is 0 Å². The van der Waals surface area contributed by atoms with Crippen LogP contribution in [0.1, 0.15) is 62.5 Å². The van der Waals surface area contributed by atoms with Crippen molar-refractivity contribution in [2.24, 2.45) is 5.92 Å². The Bertz CT molecular complexity index is 1050. The van der Waals surface area contributed by atoms with Crippen LogP contribution < -0.4 is 0 Å². The molecule has 0 bridgehead atoms. The lowest BCUT2D eigenvalue weighted by molar-refractivity contribution is -0.137. The van der Waals surface area contributed by atoms with Gasteiger partial charge in [0.15, 0.2) is 0 Å². The third-order valence-electron chi connectivity index (χ3n) is 7.16. The largest absolute Gasteiger partial charge is 0.508 e. The van der Waals surface area contributed by atoms with Gasteiger partial charge < -0.3 is 10.0 Å². The van der Waals surface area contributed by atoms with Crippen molar-refractivity contribution < 1.29 is 18.3 Å². The number of hydrogen-bond acceptors (Lipinski definition) is 4. The molecule has 0 spiro atoms. The van der Waals surface area contributed by atoms with E-state index in [1.165, 1.54) is 9.87 Å². The van der Waals surface area contributed by atoms with Crippen molar-refractivity contribution >= 4 is 15.9 Å². The summed E-state index contributed by atoms with van der Waals surface area (Å²) in [4.78, 5) is 15.4. The number of likely N-dealkylation sites (tertiary alicyclic amines) is 1. The van der Waals surface area contributed by atoms with E-state index in [0.717, 1.165) is 31.5 Å². The predicted molar refractivity (Wildman–Crippen MR) is 129 cm³/mol. The number of benzene rings is 2. The normalized spacial score (nSPS) is 19.2. The highest BCUT2D eigenvalue weighted by atomic mass is 32.2. The van der Waals surface area contributed by atoms with Crippen LogP contribution in [0.2, 0.25) is 0 Å². The quantitative estimate of drug-likeness (QED) is 0.706. The maximum atomic E-state index is 13.1. The summed E-state index contributed by atoms with van der Waals surface area (Å²) >= 11 is 0. The van der Waals surface area contributed by atoms with Crippen LogP contribution in [0.4, 0.5) is 0 Å². The fourth-order valence-corrected chi connectivity index (χ4v) is 6.42. The maximum Gasteiger partial charge on any atom is 0.243 e. The van der Waals surface area contributed by atoms with Gasteiger partial charge in [-0.05, 0) is 72.9 Å². The molecule has 178 valence electrons. The topological polar surface area (TPSA) is 77.9 Å². The second-order valence-corrected chi connectivity index (χ2v) is 11.5. The van der Waals surface area contributed by atoms with Crippen molar-refractivity contribution in [2.75, 3.05) is 26.2 Å². The van der Waals surface area contributed by atoms with E-state index in [9.17, 15) is 18.3 Å². The highest BCUT2D eigenvalue weighted by Gasteiger charge is 2.35. The zero-order chi connectivity index (χ0) is 23.6. The number of sulfonamides is 1. The lowest BCUT2D eigenvalue weighted by Gasteiger charge is -2.37. The Balaban J connectivity index is 1.30. The van der Waals surface area contributed by atoms with Gasteiger partial charge in [0.2, 0.25) is 15.9 Å². The van der Waals surface area contributed by atoms with Crippen LogP contribution in [0.25, 0.3) is 0 Å². The molecule has 0 aromatic heterocycles. The number of amides is 1. The summed E-state index contributed by atoms with van der Waals surface area (Å²) in [6.07, 6.45) is 2.96. The molecule has 0 unspecified atom stereocenters. The van der Waals surface area contributed by atoms with Gasteiger partial charge in [0.1, 0.15) is 5.75 Å². The summed E-state index contributed by atoms with van der Waals surface area (Å²) in [6, 6.07) is 14.5. The maximum absolute atomic E-state index is 13.1. The summed E-state index contributed by atoms with van der Waals surface area (Å²) in [6.45, 7) is 6.39. The van der Waals surface area contributed by atoms with E-state index in [2.05, 4.69) is 13.8 Å². The Hall–Kier alpha value is -2.38. The molecule has 0 saturated carbocycles. The number of hydrogen-bond donors (Lipinski definition) is 1. The molecule has 2 heterocycles. The first-order valence-electron chi connectivity index (χ1n) is 11.9. The van der Waals surface area contributed by atoms with Crippen LogP contribution in [0.3, 0.4) is 0 Å². The highest BCUT2D eigenvalue weighted by molar-refractivity contribution is 7.89. The fraction of sp³-hybridized carbons (Fsp3) is 0.500. The predicted octanol–water partition coefficient (Wildman–Crippen LogP) is 4.32. The van der Waals surface area contributed by atoms with Crippen molar-refractivity contribution in [3.05, 3.63) is 59.7 Å². The van der Waals surface area contributed by atoms with E-state index in [0.29, 0.717) is 42.7 Å². The Labute approximate surface area is 197 Å². The van der Waals surface area contributed by atoms with Gasteiger partial charge in [0.25, 0.3) is 0 Å². The van der Waals surface area contributed by atoms with Gasteiger partial charge in [-0.25, -0.2) is 8.42 Å². The van der Waals surface area contributed by atoms with Crippen LogP contribution in [-0.4, -0.2) is 54.8 Å². The Kier molecular flexibility index (Phi) is 7.10. The second-order valence-electron chi connectivity index (χ2n) is 9.59. The Morgan fingerprint density at radius 1 is 0.879 bits per heavy atom. The van der Waals surface area contributed by atoms with Crippen LogP contribution in [0.5, 0.6) is 5.75 Å². The first kappa shape index (κ1) is 23.8. The molecular weight excluding hydrogens is 436 g/mol. The zero-order valence-corrected chi connectivity index (χ0v) is 20.3. The average molecular weight is 471 g/mol. The molecule has 4 rings (SSSR count). The number of carbonyl (C=O) groups excluding carboxylic acids is 1. The van der Waals surface area contributed by atoms with Crippen LogP contribution >= 0.6 is 0 Å². The molecule has 1 N–H and O–H groups in total. The molecule has 2 aromatic carbocycles. The summed E-state index contributed by atoms with van der Waals surface area (Å²) in [5.41, 5.74) is 2.33. The molecular formula is C26H34N2O4S. The molecule has 0 radical (unpaired) electrons. The number of piperidine rings is 2. The number of phenolic OH excluding ortho intramolecular Hbond substituents is 1. The summed E-state index contributed by atoms with van der Waals surface area (Å²) in [5.74, 6) is 1.09. The van der Waals surface area contributed by atoms with Gasteiger partial charge in [0.05, 0.1) is 4.90 Å². The molecule has 0 aliphatic carbocycles. The third-order valence-corrected chi connectivity index (χ3v) is 9.07. The summed E-state index contributed by atoms with van der Waals surface area (Å²) < 4.78 is 27.6. The molecule has 2 fully saturated rings. The first-order chi connectivity index (χ1) is 15.8. The Morgan fingerprint density at radius 3 is 2.00 bits per heavy atom. The van der Waals surface area contributed by atoms with E-state index in [-0.39, 0.29) is 17.6 Å². The minimum absolute atomic E-state index is 0.106. The van der Waals surface area contributed by atoms with E-state index in [4.69, 9.17) is 0 Å². The van der Waals surface area contributed by atoms with Gasteiger partial charge in [0, 0.05) is 32.1 Å². The minimum Gasteiger partial charge on any atom is -0.508 e. The SMILES string of the molecule is CC(C)c1ccc(S(=O)(=O)N2CCC(C(=O)N3CCC(c4ccc(O)cc4)CC3)CC2)cc1. The van der Waals surface area contributed by atoms with Crippen molar-refractivity contribution in [1.82, 2.24) is 9.21 Å². The smallest absolute Gasteiger partial charge is 0.243 e. The van der Waals surface area contributed by atoms with Gasteiger partial charge in [-0.3, -0.25) is 4.79 Å². The molecule has 2 aliphatic rings. The molecule has 2 aromatic rings. The molecule has 7 heteroatoms. The van der Waals surface area contributed by atoms with Gasteiger partial charge in [-0.2, -0.15) is 4.31 Å². The standard InChI is InChI=1S/C26H34N2O4S/c1-19(2)20-5-9-25(10-6-20)33(31,32)28-17-13-23(14-18-28)26(30)27-15-11-22(12-16-27)21-3-7-24(29)8-4-21/h3-10,19,22-23,29H,11-18H2,1-2H3. The third kappa shape index (κ3) is 5.25. The fourth-order valence-electron chi connectivity index (χ4n) is 4.95. The molecule has 2 aliphatic heterocycles.